The third kappa shape index (κ3) is 4.77. The largest absolute Gasteiger partial charge is 0.465 e. The fourth-order valence-electron chi connectivity index (χ4n) is 2.94. The van der Waals surface area contributed by atoms with Crippen LogP contribution in [0.15, 0.2) is 42.7 Å². The maximum Gasteiger partial charge on any atom is 0.404 e. The van der Waals surface area contributed by atoms with E-state index in [1.54, 1.807) is 24.5 Å². The van der Waals surface area contributed by atoms with Gasteiger partial charge in [-0.2, -0.15) is 0 Å². The van der Waals surface area contributed by atoms with E-state index in [4.69, 9.17) is 5.11 Å². The van der Waals surface area contributed by atoms with Gasteiger partial charge in [0.25, 0.3) is 0 Å². The van der Waals surface area contributed by atoms with Crippen LogP contribution in [0.3, 0.4) is 0 Å². The summed E-state index contributed by atoms with van der Waals surface area (Å²) in [4.78, 5) is 31.2. The highest BCUT2D eigenvalue weighted by Crippen LogP contribution is 2.32. The number of aliphatic hydroxyl groups is 1. The number of carboxylic acid groups (broad SMARTS) is 1. The molecule has 0 unspecified atom stereocenters. The fraction of sp³-hybridized carbons (Fsp3) is 0.200. The number of carbonyl (C=O) groups is 2. The predicted octanol–water partition coefficient (Wildman–Crippen LogP) is 2.70. The molecule has 5 N–H and O–H groups in total. The highest BCUT2D eigenvalue weighted by Gasteiger charge is 2.12. The highest BCUT2D eigenvalue weighted by molar-refractivity contribution is 6.00. The molecule has 0 aliphatic heterocycles. The van der Waals surface area contributed by atoms with Crippen LogP contribution in [-0.4, -0.2) is 38.9 Å². The third-order valence-electron chi connectivity index (χ3n) is 4.30. The van der Waals surface area contributed by atoms with E-state index in [0.29, 0.717) is 18.1 Å². The van der Waals surface area contributed by atoms with Gasteiger partial charge >= 0.3 is 12.1 Å². The van der Waals surface area contributed by atoms with Gasteiger partial charge in [0.05, 0.1) is 12.3 Å². The zero-order valence-electron chi connectivity index (χ0n) is 15.8. The summed E-state index contributed by atoms with van der Waals surface area (Å²) in [5.74, 6) is 0.369. The topological polar surface area (TPSA) is 136 Å². The number of nitrogens with one attached hydrogen (secondary N) is 3. The van der Waals surface area contributed by atoms with E-state index in [1.807, 2.05) is 25.1 Å². The molecule has 1 aromatic carbocycles. The zero-order chi connectivity index (χ0) is 20.8. The predicted molar refractivity (Wildman–Crippen MR) is 108 cm³/mol. The first-order valence-electron chi connectivity index (χ1n) is 9.01. The molecule has 2 aromatic heterocycles. The van der Waals surface area contributed by atoms with Crippen LogP contribution in [0.5, 0.6) is 0 Å². The number of hydrogen-bond donors (Lipinski definition) is 5. The van der Waals surface area contributed by atoms with E-state index < -0.39 is 6.09 Å². The quantitative estimate of drug-likeness (QED) is 0.435. The van der Waals surface area contributed by atoms with Crippen molar-refractivity contribution in [3.8, 4) is 11.1 Å². The van der Waals surface area contributed by atoms with Gasteiger partial charge in [-0.15, -0.1) is 0 Å². The maximum absolute atomic E-state index is 11.8. The Labute approximate surface area is 166 Å². The highest BCUT2D eigenvalue weighted by atomic mass is 16.4. The van der Waals surface area contributed by atoms with E-state index in [0.717, 1.165) is 27.5 Å². The molecule has 0 aliphatic rings. The number of anilines is 1. The van der Waals surface area contributed by atoms with Gasteiger partial charge in [-0.3, -0.25) is 10.3 Å². The molecule has 0 fully saturated rings. The number of carbonyl (C=O) groups excluding carboxylic acids is 1. The summed E-state index contributed by atoms with van der Waals surface area (Å²) in [5.41, 5.74) is 2.97. The summed E-state index contributed by atoms with van der Waals surface area (Å²) < 4.78 is 0. The second kappa shape index (κ2) is 8.98. The minimum Gasteiger partial charge on any atom is -0.465 e. The lowest BCUT2D eigenvalue weighted by atomic mass is 9.96. The first-order valence-corrected chi connectivity index (χ1v) is 9.01. The number of urea groups is 1. The van der Waals surface area contributed by atoms with Crippen molar-refractivity contribution in [3.63, 3.8) is 0 Å². The van der Waals surface area contributed by atoms with Crippen LogP contribution in [0.4, 0.5) is 15.4 Å². The van der Waals surface area contributed by atoms with E-state index in [2.05, 4.69) is 25.9 Å². The van der Waals surface area contributed by atoms with Crippen molar-refractivity contribution < 1.29 is 19.8 Å². The van der Waals surface area contributed by atoms with Gasteiger partial charge in [0, 0.05) is 36.4 Å². The lowest BCUT2D eigenvalue weighted by Crippen LogP contribution is -2.28. The second-order valence-electron chi connectivity index (χ2n) is 6.23. The molecule has 0 saturated carbocycles. The van der Waals surface area contributed by atoms with Crippen molar-refractivity contribution >= 4 is 28.7 Å². The van der Waals surface area contributed by atoms with Crippen molar-refractivity contribution in [2.24, 2.45) is 0 Å². The van der Waals surface area contributed by atoms with Gasteiger partial charge in [-0.05, 0) is 35.6 Å². The normalized spacial score (nSPS) is 10.6. The minimum atomic E-state index is -1.12. The van der Waals surface area contributed by atoms with Crippen LogP contribution < -0.4 is 16.0 Å². The number of benzene rings is 1. The third-order valence-corrected chi connectivity index (χ3v) is 4.30. The number of hydrogen-bond acceptors (Lipinski definition) is 5. The Bertz CT molecular complexity index is 1040. The number of aliphatic hydroxyl groups excluding tert-OH is 1. The summed E-state index contributed by atoms with van der Waals surface area (Å²) in [6, 6.07) is 8.65. The Hall–Kier alpha value is -3.72. The first-order chi connectivity index (χ1) is 14.0. The number of fused-ring (bicyclic) bond motifs is 1. The molecule has 0 saturated heterocycles. The number of pyridine rings is 2. The second-order valence-corrected chi connectivity index (χ2v) is 6.23. The summed E-state index contributed by atoms with van der Waals surface area (Å²) in [6.07, 6.45) is 2.15. The minimum absolute atomic E-state index is 0.124. The Balaban J connectivity index is 2.09. The van der Waals surface area contributed by atoms with Gasteiger partial charge in [-0.1, -0.05) is 18.2 Å². The molecule has 29 heavy (non-hydrogen) atoms. The van der Waals surface area contributed by atoms with Crippen LogP contribution >= 0.6 is 0 Å². The molecule has 0 spiro atoms. The average Bonchev–Trinajstić information content (AvgIpc) is 2.72. The summed E-state index contributed by atoms with van der Waals surface area (Å²) in [7, 11) is 0. The van der Waals surface area contributed by atoms with Gasteiger partial charge in [0.15, 0.2) is 0 Å². The van der Waals surface area contributed by atoms with Crippen LogP contribution in [0.2, 0.25) is 0 Å². The zero-order valence-corrected chi connectivity index (χ0v) is 15.8. The molecule has 3 rings (SSSR count). The summed E-state index contributed by atoms with van der Waals surface area (Å²) in [5, 5.41) is 27.3. The maximum atomic E-state index is 11.8. The van der Waals surface area contributed by atoms with Gasteiger partial charge < -0.3 is 20.8 Å². The van der Waals surface area contributed by atoms with Crippen molar-refractivity contribution in [2.75, 3.05) is 11.9 Å². The summed E-state index contributed by atoms with van der Waals surface area (Å²) >= 11 is 0. The van der Waals surface area contributed by atoms with Crippen molar-refractivity contribution in [2.45, 2.75) is 20.1 Å². The summed E-state index contributed by atoms with van der Waals surface area (Å²) in [6.45, 7) is 2.28. The monoisotopic (exact) mass is 395 g/mol. The lowest BCUT2D eigenvalue weighted by molar-refractivity contribution is 0.194. The Morgan fingerprint density at radius 1 is 1.03 bits per heavy atom. The van der Waals surface area contributed by atoms with Crippen molar-refractivity contribution in [3.05, 3.63) is 54.0 Å². The van der Waals surface area contributed by atoms with E-state index in [1.165, 1.54) is 0 Å². The molecule has 3 amide bonds. The number of nitrogens with zero attached hydrogens (tertiary/aromatic N) is 2. The molecular weight excluding hydrogens is 374 g/mol. The first kappa shape index (κ1) is 20.0. The average molecular weight is 395 g/mol. The van der Waals surface area contributed by atoms with Gasteiger partial charge in [0.2, 0.25) is 0 Å². The van der Waals surface area contributed by atoms with Gasteiger partial charge in [-0.25, -0.2) is 14.6 Å². The SMILES string of the molecule is CCNC(=O)Nc1cc2c(-c3ccc(CO)nc3)ccc(CNC(=O)O)c2cn1. The van der Waals surface area contributed by atoms with Crippen molar-refractivity contribution in [1.29, 1.82) is 0 Å². The smallest absolute Gasteiger partial charge is 0.404 e. The van der Waals surface area contributed by atoms with Crippen LogP contribution in [0, 0.1) is 0 Å². The van der Waals surface area contributed by atoms with Crippen molar-refractivity contribution in [1.82, 2.24) is 20.6 Å². The molecule has 9 nitrogen and oxygen atoms in total. The van der Waals surface area contributed by atoms with E-state index >= 15 is 0 Å². The Morgan fingerprint density at radius 2 is 1.86 bits per heavy atom. The molecule has 0 aliphatic carbocycles. The lowest BCUT2D eigenvalue weighted by Gasteiger charge is -2.13. The molecule has 9 heteroatoms. The molecule has 0 atom stereocenters. The van der Waals surface area contributed by atoms with E-state index in [9.17, 15) is 14.7 Å². The van der Waals surface area contributed by atoms with Crippen LogP contribution in [0.25, 0.3) is 21.9 Å². The Kier molecular flexibility index (Phi) is 6.20. The Morgan fingerprint density at radius 3 is 2.52 bits per heavy atom. The molecular formula is C20H21N5O4. The van der Waals surface area contributed by atoms with E-state index in [-0.39, 0.29) is 19.2 Å². The van der Waals surface area contributed by atoms with Crippen LogP contribution in [0.1, 0.15) is 18.2 Å². The molecule has 2 heterocycles. The molecule has 0 radical (unpaired) electrons. The fourth-order valence-corrected chi connectivity index (χ4v) is 2.94. The number of amides is 3. The standard InChI is InChI=1S/C20H21N5O4/c1-2-21-19(27)25-18-7-16-15(12-3-5-14(11-26)22-8-12)6-4-13(9-24-20(28)29)17(16)10-23-18/h3-8,10,24,26H,2,9,11H2,1H3,(H,28,29)(H2,21,23,25,27). The molecule has 0 bridgehead atoms. The van der Waals surface area contributed by atoms with Crippen LogP contribution in [-0.2, 0) is 13.2 Å². The number of rotatable bonds is 6. The molecule has 3 aromatic rings. The van der Waals surface area contributed by atoms with Gasteiger partial charge in [0.1, 0.15) is 5.82 Å². The molecule has 150 valence electrons. The number of aromatic nitrogens is 2.